The van der Waals surface area contributed by atoms with E-state index in [1.165, 1.54) is 18.1 Å². The Hall–Kier alpha value is -1.34. The summed E-state index contributed by atoms with van der Waals surface area (Å²) < 4.78 is 0. The third-order valence-electron chi connectivity index (χ3n) is 2.70. The van der Waals surface area contributed by atoms with Crippen LogP contribution in [0.1, 0.15) is 6.42 Å². The number of aromatic nitrogens is 2. The van der Waals surface area contributed by atoms with E-state index in [1.54, 1.807) is 11.0 Å². The van der Waals surface area contributed by atoms with Gasteiger partial charge in [-0.2, -0.15) is 0 Å². The maximum atomic E-state index is 11.1. The highest BCUT2D eigenvalue weighted by Crippen LogP contribution is 2.26. The van der Waals surface area contributed by atoms with Crippen molar-refractivity contribution in [3.05, 3.63) is 12.4 Å². The van der Waals surface area contributed by atoms with Crippen LogP contribution in [0.15, 0.2) is 17.4 Å². The zero-order valence-corrected chi connectivity index (χ0v) is 10.1. The van der Waals surface area contributed by atoms with Gasteiger partial charge in [-0.05, 0) is 6.26 Å². The number of carbonyl (C=O) groups is 1. The third-order valence-corrected chi connectivity index (χ3v) is 3.34. The van der Waals surface area contributed by atoms with Crippen LogP contribution < -0.4 is 4.90 Å². The molecule has 0 saturated carbocycles. The smallest absolute Gasteiger partial charge is 0.326 e. The first kappa shape index (κ1) is 12.1. The minimum atomic E-state index is -0.939. The summed E-state index contributed by atoms with van der Waals surface area (Å²) in [6.45, 7) is 0.293. The monoisotopic (exact) mass is 255 g/mol. The van der Waals surface area contributed by atoms with Gasteiger partial charge in [0.05, 0.1) is 6.10 Å². The highest BCUT2D eigenvalue weighted by molar-refractivity contribution is 7.98. The Kier molecular flexibility index (Phi) is 3.49. The highest BCUT2D eigenvalue weighted by Gasteiger charge is 2.36. The van der Waals surface area contributed by atoms with Gasteiger partial charge in [-0.15, -0.1) is 11.8 Å². The molecule has 2 atom stereocenters. The van der Waals surface area contributed by atoms with Crippen molar-refractivity contribution in [2.45, 2.75) is 23.6 Å². The fourth-order valence-corrected chi connectivity index (χ4v) is 2.28. The largest absolute Gasteiger partial charge is 0.480 e. The number of nitrogens with zero attached hydrogens (tertiary/aromatic N) is 3. The Morgan fingerprint density at radius 3 is 3.00 bits per heavy atom. The van der Waals surface area contributed by atoms with Crippen molar-refractivity contribution in [2.24, 2.45) is 0 Å². The highest BCUT2D eigenvalue weighted by atomic mass is 32.2. The summed E-state index contributed by atoms with van der Waals surface area (Å²) in [5.74, 6) is -0.390. The molecule has 2 rings (SSSR count). The number of aliphatic hydroxyl groups is 1. The SMILES string of the molecule is CSc1cc(N2CC(O)CC2C(=O)O)ncn1. The van der Waals surface area contributed by atoms with Crippen LogP contribution in [0.3, 0.4) is 0 Å². The molecular weight excluding hydrogens is 242 g/mol. The molecule has 2 heterocycles. The van der Waals surface area contributed by atoms with Gasteiger partial charge in [-0.25, -0.2) is 14.8 Å². The number of anilines is 1. The molecule has 1 aromatic heterocycles. The van der Waals surface area contributed by atoms with Crippen molar-refractivity contribution in [1.29, 1.82) is 0 Å². The molecule has 0 radical (unpaired) electrons. The van der Waals surface area contributed by atoms with Crippen LogP contribution in [0, 0.1) is 0 Å². The molecule has 0 bridgehead atoms. The number of rotatable bonds is 3. The van der Waals surface area contributed by atoms with Gasteiger partial charge < -0.3 is 15.1 Å². The molecule has 1 fully saturated rings. The van der Waals surface area contributed by atoms with E-state index < -0.39 is 18.1 Å². The van der Waals surface area contributed by atoms with Crippen molar-refractivity contribution in [2.75, 3.05) is 17.7 Å². The van der Waals surface area contributed by atoms with Crippen LogP contribution in [0.2, 0.25) is 0 Å². The minimum absolute atomic E-state index is 0.230. The molecule has 92 valence electrons. The van der Waals surface area contributed by atoms with Crippen molar-refractivity contribution in [1.82, 2.24) is 9.97 Å². The molecule has 1 aromatic rings. The molecule has 7 heteroatoms. The van der Waals surface area contributed by atoms with Crippen LogP contribution in [0.25, 0.3) is 0 Å². The third kappa shape index (κ3) is 2.50. The van der Waals surface area contributed by atoms with E-state index in [0.717, 1.165) is 5.03 Å². The lowest BCUT2D eigenvalue weighted by Crippen LogP contribution is -2.36. The van der Waals surface area contributed by atoms with Crippen LogP contribution in [-0.2, 0) is 4.79 Å². The maximum Gasteiger partial charge on any atom is 0.326 e. The lowest BCUT2D eigenvalue weighted by atomic mass is 10.2. The number of β-amino-alcohol motifs (C(OH)–C–C–N with tert-alkyl or cyclic N) is 1. The molecule has 1 aliphatic heterocycles. The summed E-state index contributed by atoms with van der Waals surface area (Å²) in [6, 6.07) is 1.02. The van der Waals surface area contributed by atoms with Crippen LogP contribution >= 0.6 is 11.8 Å². The molecule has 0 aromatic carbocycles. The van der Waals surface area contributed by atoms with E-state index in [0.29, 0.717) is 12.4 Å². The first-order valence-electron chi connectivity index (χ1n) is 5.15. The van der Waals surface area contributed by atoms with Crippen molar-refractivity contribution >= 4 is 23.5 Å². The molecule has 6 nitrogen and oxygen atoms in total. The van der Waals surface area contributed by atoms with Gasteiger partial charge in [0, 0.05) is 19.0 Å². The van der Waals surface area contributed by atoms with E-state index in [2.05, 4.69) is 9.97 Å². The summed E-state index contributed by atoms with van der Waals surface area (Å²) in [5, 5.41) is 19.4. The van der Waals surface area contributed by atoms with Crippen LogP contribution in [0.5, 0.6) is 0 Å². The molecule has 1 aliphatic rings. The number of thioether (sulfide) groups is 1. The molecule has 17 heavy (non-hydrogen) atoms. The van der Waals surface area contributed by atoms with Gasteiger partial charge >= 0.3 is 5.97 Å². The molecular formula is C10H13N3O3S. The standard InChI is InChI=1S/C10H13N3O3S/c1-17-9-3-8(11-5-12-9)13-4-6(14)2-7(13)10(15)16/h3,5-7,14H,2,4H2,1H3,(H,15,16). The number of hydrogen-bond donors (Lipinski definition) is 2. The molecule has 0 amide bonds. The van der Waals surface area contributed by atoms with E-state index >= 15 is 0 Å². The van der Waals surface area contributed by atoms with Crippen molar-refractivity contribution in [3.63, 3.8) is 0 Å². The second-order valence-electron chi connectivity index (χ2n) is 3.81. The van der Waals surface area contributed by atoms with Gasteiger partial charge in [-0.3, -0.25) is 0 Å². The van der Waals surface area contributed by atoms with Gasteiger partial charge in [0.1, 0.15) is 23.2 Å². The topological polar surface area (TPSA) is 86.5 Å². The molecule has 2 N–H and O–H groups in total. The first-order chi connectivity index (χ1) is 8.11. The number of carboxylic acid groups (broad SMARTS) is 1. The molecule has 2 unspecified atom stereocenters. The second-order valence-corrected chi connectivity index (χ2v) is 4.64. The van der Waals surface area contributed by atoms with Gasteiger partial charge in [-0.1, -0.05) is 0 Å². The van der Waals surface area contributed by atoms with Crippen molar-refractivity contribution in [3.8, 4) is 0 Å². The van der Waals surface area contributed by atoms with Crippen molar-refractivity contribution < 1.29 is 15.0 Å². The van der Waals surface area contributed by atoms with Gasteiger partial charge in [0.15, 0.2) is 0 Å². The Morgan fingerprint density at radius 2 is 2.35 bits per heavy atom. The summed E-state index contributed by atoms with van der Waals surface area (Å²) in [7, 11) is 0. The first-order valence-corrected chi connectivity index (χ1v) is 6.38. The quantitative estimate of drug-likeness (QED) is 0.590. The summed E-state index contributed by atoms with van der Waals surface area (Å²) in [5.41, 5.74) is 0. The lowest BCUT2D eigenvalue weighted by Gasteiger charge is -2.22. The van der Waals surface area contributed by atoms with E-state index in [1.807, 2.05) is 6.26 Å². The van der Waals surface area contributed by atoms with E-state index in [9.17, 15) is 9.90 Å². The Morgan fingerprint density at radius 1 is 1.59 bits per heavy atom. The Labute approximate surface area is 103 Å². The molecule has 0 aliphatic carbocycles. The van der Waals surface area contributed by atoms with Crippen LogP contribution in [0.4, 0.5) is 5.82 Å². The predicted molar refractivity (Wildman–Crippen MR) is 63.2 cm³/mol. The average molecular weight is 255 g/mol. The van der Waals surface area contributed by atoms with Gasteiger partial charge in [0.2, 0.25) is 0 Å². The van der Waals surface area contributed by atoms with E-state index in [4.69, 9.17) is 5.11 Å². The maximum absolute atomic E-state index is 11.1. The summed E-state index contributed by atoms with van der Waals surface area (Å²) in [4.78, 5) is 20.8. The average Bonchev–Trinajstić information content (AvgIpc) is 2.72. The fraction of sp³-hybridized carbons (Fsp3) is 0.500. The predicted octanol–water partition coefficient (Wildman–Crippen LogP) is 0.223. The minimum Gasteiger partial charge on any atom is -0.480 e. The normalized spacial score (nSPS) is 24.0. The van der Waals surface area contributed by atoms with Gasteiger partial charge in [0.25, 0.3) is 0 Å². The fourth-order valence-electron chi connectivity index (χ4n) is 1.90. The van der Waals surface area contributed by atoms with Crippen LogP contribution in [-0.4, -0.2) is 51.1 Å². The molecule has 1 saturated heterocycles. The second kappa shape index (κ2) is 4.89. The zero-order valence-electron chi connectivity index (χ0n) is 9.28. The number of aliphatic hydroxyl groups excluding tert-OH is 1. The Bertz CT molecular complexity index is 429. The van der Waals surface area contributed by atoms with E-state index in [-0.39, 0.29) is 6.42 Å². The molecule has 0 spiro atoms. The summed E-state index contributed by atoms with van der Waals surface area (Å²) in [6.07, 6.45) is 2.90. The zero-order chi connectivity index (χ0) is 12.4. The number of carboxylic acids is 1. The Balaban J connectivity index is 2.28. The number of aliphatic carboxylic acids is 1. The lowest BCUT2D eigenvalue weighted by molar-refractivity contribution is -0.138. The number of hydrogen-bond acceptors (Lipinski definition) is 6. The summed E-state index contributed by atoms with van der Waals surface area (Å²) >= 11 is 1.46.